The average molecular weight is 194 g/mol. The molecule has 6 heteroatoms. The van der Waals surface area contributed by atoms with E-state index < -0.39 is 0 Å². The first-order chi connectivity index (χ1) is 6.68. The van der Waals surface area contributed by atoms with Crippen LogP contribution >= 0.6 is 0 Å². The molecule has 2 rings (SSSR count). The third kappa shape index (κ3) is 1.39. The van der Waals surface area contributed by atoms with Crippen LogP contribution in [0.2, 0.25) is 0 Å². The zero-order valence-corrected chi connectivity index (χ0v) is 7.89. The molecular weight excluding hydrogens is 184 g/mol. The minimum Gasteiger partial charge on any atom is -0.448 e. The summed E-state index contributed by atoms with van der Waals surface area (Å²) >= 11 is 0. The number of oxazole rings is 1. The van der Waals surface area contributed by atoms with Gasteiger partial charge >= 0.3 is 0 Å². The van der Waals surface area contributed by atoms with Crippen molar-refractivity contribution in [1.82, 2.24) is 15.1 Å². The van der Waals surface area contributed by atoms with Crippen LogP contribution in [-0.4, -0.2) is 15.1 Å². The van der Waals surface area contributed by atoms with E-state index in [2.05, 4.69) is 15.1 Å². The van der Waals surface area contributed by atoms with E-state index in [0.717, 1.165) is 0 Å². The zero-order chi connectivity index (χ0) is 10.1. The molecule has 1 unspecified atom stereocenters. The standard InChI is InChI=1S/C8H10N4O2/c1-4(9)7-11-8(14-12-7)6-5(2)13-3-10-6/h3-4H,9H2,1-2H3. The Balaban J connectivity index is 2.39. The lowest BCUT2D eigenvalue weighted by molar-refractivity contribution is 0.416. The molecule has 1 atom stereocenters. The molecule has 2 N–H and O–H groups in total. The molecule has 6 nitrogen and oxygen atoms in total. The van der Waals surface area contributed by atoms with E-state index in [4.69, 9.17) is 14.7 Å². The highest BCUT2D eigenvalue weighted by Crippen LogP contribution is 2.20. The number of aryl methyl sites for hydroxylation is 1. The Morgan fingerprint density at radius 1 is 1.50 bits per heavy atom. The molecule has 0 aromatic carbocycles. The smallest absolute Gasteiger partial charge is 0.280 e. The van der Waals surface area contributed by atoms with Crippen LogP contribution < -0.4 is 5.73 Å². The Morgan fingerprint density at radius 3 is 2.79 bits per heavy atom. The van der Waals surface area contributed by atoms with Gasteiger partial charge in [-0.05, 0) is 13.8 Å². The molecule has 0 aliphatic carbocycles. The molecule has 74 valence electrons. The van der Waals surface area contributed by atoms with Crippen molar-refractivity contribution in [2.75, 3.05) is 0 Å². The normalized spacial score (nSPS) is 13.1. The van der Waals surface area contributed by atoms with E-state index in [1.54, 1.807) is 13.8 Å². The highest BCUT2D eigenvalue weighted by atomic mass is 16.5. The quantitative estimate of drug-likeness (QED) is 0.768. The topological polar surface area (TPSA) is 91.0 Å². The summed E-state index contributed by atoms with van der Waals surface area (Å²) in [5.41, 5.74) is 6.15. The van der Waals surface area contributed by atoms with Gasteiger partial charge in [-0.2, -0.15) is 4.98 Å². The maximum atomic E-state index is 5.59. The van der Waals surface area contributed by atoms with E-state index >= 15 is 0 Å². The second-order valence-electron chi connectivity index (χ2n) is 3.00. The summed E-state index contributed by atoms with van der Waals surface area (Å²) in [5, 5.41) is 3.72. The predicted octanol–water partition coefficient (Wildman–Crippen LogP) is 1.05. The average Bonchev–Trinajstić information content (AvgIpc) is 2.71. The molecule has 0 aliphatic rings. The molecule has 0 radical (unpaired) electrons. The summed E-state index contributed by atoms with van der Waals surface area (Å²) in [5.74, 6) is 1.44. The van der Waals surface area contributed by atoms with Gasteiger partial charge in [0.15, 0.2) is 17.9 Å². The van der Waals surface area contributed by atoms with Crippen molar-refractivity contribution in [3.63, 3.8) is 0 Å². The van der Waals surface area contributed by atoms with Gasteiger partial charge in [0.25, 0.3) is 5.89 Å². The minimum atomic E-state index is -0.250. The number of aromatic nitrogens is 3. The lowest BCUT2D eigenvalue weighted by Gasteiger charge is -1.92. The fourth-order valence-electron chi connectivity index (χ4n) is 1.03. The van der Waals surface area contributed by atoms with Crippen molar-refractivity contribution in [3.8, 4) is 11.6 Å². The molecule has 0 aliphatic heterocycles. The van der Waals surface area contributed by atoms with E-state index in [-0.39, 0.29) is 6.04 Å². The van der Waals surface area contributed by atoms with E-state index in [1.165, 1.54) is 6.39 Å². The van der Waals surface area contributed by atoms with Crippen LogP contribution in [0, 0.1) is 6.92 Å². The molecule has 0 bridgehead atoms. The highest BCUT2D eigenvalue weighted by molar-refractivity contribution is 5.48. The fraction of sp³-hybridized carbons (Fsp3) is 0.375. The van der Waals surface area contributed by atoms with Gasteiger partial charge in [0.05, 0.1) is 6.04 Å². The van der Waals surface area contributed by atoms with Crippen molar-refractivity contribution in [2.45, 2.75) is 19.9 Å². The molecule has 0 fully saturated rings. The van der Waals surface area contributed by atoms with Crippen LogP contribution in [0.5, 0.6) is 0 Å². The maximum absolute atomic E-state index is 5.59. The molecule has 2 aromatic rings. The molecule has 2 heterocycles. The number of nitrogens with zero attached hydrogens (tertiary/aromatic N) is 3. The van der Waals surface area contributed by atoms with Gasteiger partial charge in [0, 0.05) is 0 Å². The minimum absolute atomic E-state index is 0.250. The Bertz CT molecular complexity index is 432. The first-order valence-electron chi connectivity index (χ1n) is 4.18. The Kier molecular flexibility index (Phi) is 2.05. The van der Waals surface area contributed by atoms with Crippen LogP contribution in [0.25, 0.3) is 11.6 Å². The molecule has 0 saturated heterocycles. The Labute approximate surface area is 80.1 Å². The summed E-state index contributed by atoms with van der Waals surface area (Å²) in [6.45, 7) is 3.56. The van der Waals surface area contributed by atoms with E-state index in [9.17, 15) is 0 Å². The first-order valence-corrected chi connectivity index (χ1v) is 4.18. The Hall–Kier alpha value is -1.69. The van der Waals surface area contributed by atoms with Crippen molar-refractivity contribution in [2.24, 2.45) is 5.73 Å². The molecule has 0 amide bonds. The summed E-state index contributed by atoms with van der Waals surface area (Å²) < 4.78 is 10.0. The Morgan fingerprint density at radius 2 is 2.29 bits per heavy atom. The van der Waals surface area contributed by atoms with Gasteiger partial charge < -0.3 is 14.7 Å². The monoisotopic (exact) mass is 194 g/mol. The van der Waals surface area contributed by atoms with Gasteiger partial charge in [-0.25, -0.2) is 4.98 Å². The van der Waals surface area contributed by atoms with Gasteiger partial charge in [0.2, 0.25) is 0 Å². The molecule has 0 saturated carbocycles. The van der Waals surface area contributed by atoms with Crippen LogP contribution in [0.15, 0.2) is 15.3 Å². The molecule has 14 heavy (non-hydrogen) atoms. The summed E-state index contributed by atoms with van der Waals surface area (Å²) in [4.78, 5) is 8.04. The number of hydrogen-bond donors (Lipinski definition) is 1. The summed E-state index contributed by atoms with van der Waals surface area (Å²) in [7, 11) is 0. The maximum Gasteiger partial charge on any atom is 0.280 e. The van der Waals surface area contributed by atoms with Gasteiger partial charge in [-0.1, -0.05) is 5.16 Å². The van der Waals surface area contributed by atoms with Gasteiger partial charge in [0.1, 0.15) is 5.76 Å². The zero-order valence-electron chi connectivity index (χ0n) is 7.89. The second-order valence-corrected chi connectivity index (χ2v) is 3.00. The van der Waals surface area contributed by atoms with Crippen molar-refractivity contribution < 1.29 is 8.94 Å². The van der Waals surface area contributed by atoms with Crippen molar-refractivity contribution in [3.05, 3.63) is 18.0 Å². The van der Waals surface area contributed by atoms with Crippen LogP contribution in [-0.2, 0) is 0 Å². The summed E-state index contributed by atoms with van der Waals surface area (Å²) in [6, 6.07) is -0.250. The molecular formula is C8H10N4O2. The van der Waals surface area contributed by atoms with Crippen LogP contribution in [0.1, 0.15) is 24.6 Å². The SMILES string of the molecule is Cc1ocnc1-c1nc(C(C)N)no1. The number of rotatable bonds is 2. The predicted molar refractivity (Wildman–Crippen MR) is 47.1 cm³/mol. The number of hydrogen-bond acceptors (Lipinski definition) is 6. The molecule has 0 spiro atoms. The van der Waals surface area contributed by atoms with Crippen molar-refractivity contribution >= 4 is 0 Å². The van der Waals surface area contributed by atoms with Gasteiger partial charge in [-0.15, -0.1) is 0 Å². The van der Waals surface area contributed by atoms with E-state index in [1.807, 2.05) is 0 Å². The lowest BCUT2D eigenvalue weighted by atomic mass is 10.3. The first kappa shape index (κ1) is 8.89. The third-order valence-electron chi connectivity index (χ3n) is 1.80. The fourth-order valence-corrected chi connectivity index (χ4v) is 1.03. The second kappa shape index (κ2) is 3.22. The molecule has 2 aromatic heterocycles. The van der Waals surface area contributed by atoms with Crippen LogP contribution in [0.3, 0.4) is 0 Å². The highest BCUT2D eigenvalue weighted by Gasteiger charge is 2.16. The summed E-state index contributed by atoms with van der Waals surface area (Å²) in [6.07, 6.45) is 1.33. The van der Waals surface area contributed by atoms with Crippen LogP contribution in [0.4, 0.5) is 0 Å². The largest absolute Gasteiger partial charge is 0.448 e. The number of nitrogens with two attached hydrogens (primary N) is 1. The third-order valence-corrected chi connectivity index (χ3v) is 1.80. The lowest BCUT2D eigenvalue weighted by Crippen LogP contribution is -2.06. The van der Waals surface area contributed by atoms with E-state index in [0.29, 0.717) is 23.2 Å². The van der Waals surface area contributed by atoms with Gasteiger partial charge in [-0.3, -0.25) is 0 Å². The van der Waals surface area contributed by atoms with Crippen molar-refractivity contribution in [1.29, 1.82) is 0 Å².